The number of ether oxygens (including phenoxy) is 2. The molecule has 1 saturated carbocycles. The Morgan fingerprint density at radius 3 is 2.38 bits per heavy atom. The number of rotatable bonds is 9. The first-order valence-electron chi connectivity index (χ1n) is 17.0. The fraction of sp³-hybridized carbons (Fsp3) is 0.550. The molecular formula is C40H57O5. The first-order valence-corrected chi connectivity index (χ1v) is 17.0. The highest BCUT2D eigenvalue weighted by Gasteiger charge is 2.26. The quantitative estimate of drug-likeness (QED) is 0.0921. The third kappa shape index (κ3) is 14.5. The molecule has 0 amide bonds. The van der Waals surface area contributed by atoms with E-state index in [-0.39, 0.29) is 36.7 Å². The van der Waals surface area contributed by atoms with Crippen LogP contribution in [0.15, 0.2) is 42.5 Å². The molecule has 45 heavy (non-hydrogen) atoms. The molecule has 0 saturated heterocycles. The summed E-state index contributed by atoms with van der Waals surface area (Å²) in [7, 11) is 0. The van der Waals surface area contributed by atoms with Gasteiger partial charge in [0.05, 0.1) is 12.3 Å². The van der Waals surface area contributed by atoms with Crippen molar-refractivity contribution >= 4 is 17.7 Å². The van der Waals surface area contributed by atoms with E-state index in [1.54, 1.807) is 12.1 Å². The minimum Gasteiger partial charge on any atom is -0.461 e. The molecule has 5 heteroatoms. The first kappa shape index (κ1) is 39.6. The van der Waals surface area contributed by atoms with Crippen LogP contribution in [-0.2, 0) is 27.4 Å². The van der Waals surface area contributed by atoms with Crippen molar-refractivity contribution in [3.63, 3.8) is 0 Å². The normalized spacial score (nSPS) is 16.8. The van der Waals surface area contributed by atoms with Gasteiger partial charge in [0, 0.05) is 28.7 Å². The second-order valence-corrected chi connectivity index (χ2v) is 12.4. The number of benzene rings is 2. The van der Waals surface area contributed by atoms with Crippen molar-refractivity contribution < 1.29 is 23.9 Å². The molecule has 2 aromatic rings. The van der Waals surface area contributed by atoms with Gasteiger partial charge >= 0.3 is 11.9 Å². The summed E-state index contributed by atoms with van der Waals surface area (Å²) in [6.07, 6.45) is 15.1. The molecule has 1 fully saturated rings. The van der Waals surface area contributed by atoms with Gasteiger partial charge in [-0.05, 0) is 55.6 Å². The van der Waals surface area contributed by atoms with Crippen molar-refractivity contribution in [2.75, 3.05) is 0 Å². The van der Waals surface area contributed by atoms with E-state index in [0.29, 0.717) is 29.1 Å². The molecule has 5 nitrogen and oxygen atoms in total. The molecule has 2 atom stereocenters. The van der Waals surface area contributed by atoms with E-state index in [0.717, 1.165) is 68.1 Å². The van der Waals surface area contributed by atoms with Crippen LogP contribution in [-0.4, -0.2) is 17.7 Å². The lowest BCUT2D eigenvalue weighted by atomic mass is 9.91. The third-order valence-electron chi connectivity index (χ3n) is 7.86. The summed E-state index contributed by atoms with van der Waals surface area (Å²) < 4.78 is 10.7. The lowest BCUT2D eigenvalue weighted by molar-refractivity contribution is -0.150. The summed E-state index contributed by atoms with van der Waals surface area (Å²) in [5.74, 6) is 3.26. The summed E-state index contributed by atoms with van der Waals surface area (Å²) in [6, 6.07) is 12.8. The van der Waals surface area contributed by atoms with Crippen LogP contribution in [0, 0.1) is 36.5 Å². The number of hydrogen-bond acceptors (Lipinski definition) is 5. The van der Waals surface area contributed by atoms with Crippen LogP contribution in [0.1, 0.15) is 140 Å². The Morgan fingerprint density at radius 1 is 1.02 bits per heavy atom. The summed E-state index contributed by atoms with van der Waals surface area (Å²) in [4.78, 5) is 36.6. The molecule has 1 aliphatic carbocycles. The van der Waals surface area contributed by atoms with Crippen molar-refractivity contribution in [1.82, 2.24) is 0 Å². The molecule has 247 valence electrons. The van der Waals surface area contributed by atoms with E-state index in [2.05, 4.69) is 33.6 Å². The molecule has 0 aromatic heterocycles. The number of hydrogen-bond donors (Lipinski definition) is 0. The van der Waals surface area contributed by atoms with Crippen molar-refractivity contribution in [3.05, 3.63) is 71.6 Å². The number of carbonyl (C=O) groups excluding carboxylic acids is 3. The molecule has 1 heterocycles. The van der Waals surface area contributed by atoms with Gasteiger partial charge in [-0.3, -0.25) is 14.4 Å². The number of Topliss-reactive ketones (excluding diaryl/α,β-unsaturated/α-hetero) is 1. The molecule has 1 aliphatic heterocycles. The van der Waals surface area contributed by atoms with Gasteiger partial charge in [-0.15, -0.1) is 6.42 Å². The van der Waals surface area contributed by atoms with Gasteiger partial charge in [0.1, 0.15) is 12.4 Å². The Morgan fingerprint density at radius 2 is 1.73 bits per heavy atom. The predicted octanol–water partition coefficient (Wildman–Crippen LogP) is 10.1. The van der Waals surface area contributed by atoms with Gasteiger partial charge in [-0.25, -0.2) is 0 Å². The molecule has 0 spiro atoms. The van der Waals surface area contributed by atoms with Crippen LogP contribution >= 0.6 is 0 Å². The van der Waals surface area contributed by atoms with E-state index in [4.69, 9.17) is 15.9 Å². The number of fused-ring (bicyclic) bond motifs is 1. The van der Waals surface area contributed by atoms with Gasteiger partial charge < -0.3 is 9.47 Å². The van der Waals surface area contributed by atoms with E-state index < -0.39 is 0 Å². The molecule has 0 N–H and O–H groups in total. The molecule has 1 radical (unpaired) electrons. The molecule has 2 unspecified atom stereocenters. The second kappa shape index (κ2) is 21.4. The van der Waals surface area contributed by atoms with Crippen molar-refractivity contribution in [3.8, 4) is 18.1 Å². The Labute approximate surface area is 273 Å². The van der Waals surface area contributed by atoms with Gasteiger partial charge in [0.15, 0.2) is 5.78 Å². The summed E-state index contributed by atoms with van der Waals surface area (Å²) in [5, 5.41) is 0. The lowest BCUT2D eigenvalue weighted by Crippen LogP contribution is -2.17. The van der Waals surface area contributed by atoms with Crippen LogP contribution < -0.4 is 4.74 Å². The van der Waals surface area contributed by atoms with Gasteiger partial charge in [0.25, 0.3) is 0 Å². The maximum absolute atomic E-state index is 12.6. The Hall–Kier alpha value is -3.39. The Balaban J connectivity index is 0.000000803. The fourth-order valence-electron chi connectivity index (χ4n) is 5.47. The highest BCUT2D eigenvalue weighted by atomic mass is 16.5. The average Bonchev–Trinajstić information content (AvgIpc) is 3.25. The Kier molecular flexibility index (Phi) is 18.8. The first-order chi connectivity index (χ1) is 21.6. The molecular weight excluding hydrogens is 560 g/mol. The van der Waals surface area contributed by atoms with Crippen LogP contribution in [0.2, 0.25) is 0 Å². The minimum absolute atomic E-state index is 0.0706. The van der Waals surface area contributed by atoms with Crippen LogP contribution in [0.25, 0.3) is 0 Å². The maximum Gasteiger partial charge on any atom is 0.315 e. The monoisotopic (exact) mass is 617 g/mol. The SMILES string of the molecule is C#Cc1ccccc1COC(=O)C1CCCC(CCCC(=O)c2ccc3c(c2)OC(=O)C3)CC1.CC.CC.[CH2]CCC(C)(C)C. The zero-order valence-electron chi connectivity index (χ0n) is 29.0. The standard InChI is InChI=1S/C29H30O5.C7H15.2C2H6/c1-2-21-9-3-4-10-25(21)19-33-29(32)22-11-5-7-20(13-14-22)8-6-12-26(30)23-15-16-24-18-28(31)34-27(24)17-23;1-5-6-7(2,3)4;2*1-2/h1,3-4,9-10,15-17,20,22H,5-8,11-14,18-19H2;1,5-6H2,2-4H3;2*1-2H3. The largest absolute Gasteiger partial charge is 0.461 e. The number of esters is 2. The number of ketones is 1. The number of terminal acetylenes is 1. The van der Waals surface area contributed by atoms with Gasteiger partial charge in [0.2, 0.25) is 0 Å². The average molecular weight is 618 g/mol. The van der Waals surface area contributed by atoms with E-state index in [9.17, 15) is 14.4 Å². The maximum atomic E-state index is 12.6. The summed E-state index contributed by atoms with van der Waals surface area (Å²) >= 11 is 0. The van der Waals surface area contributed by atoms with Crippen LogP contribution in [0.3, 0.4) is 0 Å². The lowest BCUT2D eigenvalue weighted by Gasteiger charge is -2.15. The van der Waals surface area contributed by atoms with Crippen LogP contribution in [0.4, 0.5) is 0 Å². The molecule has 2 aliphatic rings. The van der Waals surface area contributed by atoms with E-state index in [1.807, 2.05) is 58.0 Å². The molecule has 4 rings (SSSR count). The van der Waals surface area contributed by atoms with E-state index in [1.165, 1.54) is 6.42 Å². The molecule has 2 aromatic carbocycles. The highest BCUT2D eigenvalue weighted by molar-refractivity contribution is 5.97. The fourth-order valence-corrected chi connectivity index (χ4v) is 5.47. The Bertz CT molecular complexity index is 1230. The van der Waals surface area contributed by atoms with Crippen LogP contribution in [0.5, 0.6) is 5.75 Å². The van der Waals surface area contributed by atoms with E-state index >= 15 is 0 Å². The second-order valence-electron chi connectivity index (χ2n) is 12.4. The zero-order chi connectivity index (χ0) is 33.8. The zero-order valence-corrected chi connectivity index (χ0v) is 29.0. The highest BCUT2D eigenvalue weighted by Crippen LogP contribution is 2.32. The molecule has 0 bridgehead atoms. The summed E-state index contributed by atoms with van der Waals surface area (Å²) in [6.45, 7) is 18.7. The predicted molar refractivity (Wildman–Crippen MR) is 185 cm³/mol. The van der Waals surface area contributed by atoms with Gasteiger partial charge in [-0.1, -0.05) is 117 Å². The van der Waals surface area contributed by atoms with Crippen molar-refractivity contribution in [2.24, 2.45) is 17.3 Å². The minimum atomic E-state index is -0.271. The third-order valence-corrected chi connectivity index (χ3v) is 7.86. The number of carbonyl (C=O) groups is 3. The van der Waals surface area contributed by atoms with Crippen molar-refractivity contribution in [1.29, 1.82) is 0 Å². The van der Waals surface area contributed by atoms with Gasteiger partial charge in [-0.2, -0.15) is 0 Å². The topological polar surface area (TPSA) is 69.7 Å². The van der Waals surface area contributed by atoms with Crippen molar-refractivity contribution in [2.45, 2.75) is 126 Å². The smallest absolute Gasteiger partial charge is 0.315 e. The summed E-state index contributed by atoms with van der Waals surface area (Å²) in [5.41, 5.74) is 3.54.